The number of hydrogen-bond donors (Lipinski definition) is 2. The lowest BCUT2D eigenvalue weighted by molar-refractivity contribution is -0.146. The van der Waals surface area contributed by atoms with E-state index in [2.05, 4.69) is 10.6 Å². The number of carbonyl (C=O) groups is 2. The molecule has 1 heterocycles. The summed E-state index contributed by atoms with van der Waals surface area (Å²) >= 11 is 0. The lowest BCUT2D eigenvalue weighted by Gasteiger charge is -2.26. The molecular weight excluding hydrogens is 354 g/mol. The number of hydrogen-bond acceptors (Lipinski definition) is 5. The quantitative estimate of drug-likeness (QED) is 0.722. The van der Waals surface area contributed by atoms with Gasteiger partial charge in [-0.2, -0.15) is 0 Å². The molecule has 1 amide bonds. The van der Waals surface area contributed by atoms with Crippen molar-refractivity contribution in [2.24, 2.45) is 0 Å². The molecular formula is C22H27N3O3. The number of likely N-dealkylation sites (N-methyl/N-ethyl adjacent to an activating group) is 1. The number of fused-ring (bicyclic) bond motifs is 1. The predicted molar refractivity (Wildman–Crippen MR) is 110 cm³/mol. The molecule has 148 valence electrons. The van der Waals surface area contributed by atoms with Crippen LogP contribution in [0.4, 0.5) is 11.4 Å². The van der Waals surface area contributed by atoms with Crippen LogP contribution < -0.4 is 15.5 Å². The van der Waals surface area contributed by atoms with Crippen molar-refractivity contribution in [1.82, 2.24) is 5.32 Å². The van der Waals surface area contributed by atoms with Crippen molar-refractivity contribution in [3.63, 3.8) is 0 Å². The van der Waals surface area contributed by atoms with Crippen LogP contribution in [-0.2, 0) is 20.7 Å². The van der Waals surface area contributed by atoms with E-state index in [-0.39, 0.29) is 11.9 Å². The fraction of sp³-hybridized carbons (Fsp3) is 0.364. The van der Waals surface area contributed by atoms with Gasteiger partial charge in [0.05, 0.1) is 18.0 Å². The van der Waals surface area contributed by atoms with E-state index in [0.29, 0.717) is 19.6 Å². The van der Waals surface area contributed by atoms with Crippen molar-refractivity contribution in [2.75, 3.05) is 30.4 Å². The van der Waals surface area contributed by atoms with Crippen LogP contribution in [0.1, 0.15) is 18.9 Å². The van der Waals surface area contributed by atoms with Crippen LogP contribution in [0.5, 0.6) is 0 Å². The van der Waals surface area contributed by atoms with Gasteiger partial charge in [0.15, 0.2) is 0 Å². The predicted octanol–water partition coefficient (Wildman–Crippen LogP) is 2.60. The second-order valence-corrected chi connectivity index (χ2v) is 6.94. The minimum Gasteiger partial charge on any atom is -0.465 e. The maximum absolute atomic E-state index is 12.8. The second kappa shape index (κ2) is 9.37. The van der Waals surface area contributed by atoms with Gasteiger partial charge in [-0.25, -0.2) is 0 Å². The number of amides is 1. The molecule has 6 nitrogen and oxygen atoms in total. The molecule has 2 N–H and O–H groups in total. The van der Waals surface area contributed by atoms with E-state index in [1.165, 1.54) is 0 Å². The Kier molecular flexibility index (Phi) is 6.66. The van der Waals surface area contributed by atoms with Crippen molar-refractivity contribution < 1.29 is 14.3 Å². The van der Waals surface area contributed by atoms with Crippen molar-refractivity contribution in [3.8, 4) is 0 Å². The molecule has 0 radical (unpaired) electrons. The Morgan fingerprint density at radius 2 is 1.93 bits per heavy atom. The minimum absolute atomic E-state index is 0.147. The number of aryl methyl sites for hydroxylation is 1. The van der Waals surface area contributed by atoms with Crippen LogP contribution in [0.25, 0.3) is 0 Å². The topological polar surface area (TPSA) is 70.7 Å². The van der Waals surface area contributed by atoms with E-state index in [1.807, 2.05) is 66.5 Å². The second-order valence-electron chi connectivity index (χ2n) is 6.94. The van der Waals surface area contributed by atoms with Crippen molar-refractivity contribution in [1.29, 1.82) is 0 Å². The highest BCUT2D eigenvalue weighted by atomic mass is 16.5. The number of ether oxygens (including phenoxy) is 1. The number of esters is 1. The third kappa shape index (κ3) is 4.89. The Balaban J connectivity index is 1.72. The zero-order valence-electron chi connectivity index (χ0n) is 16.4. The van der Waals surface area contributed by atoms with Crippen molar-refractivity contribution >= 4 is 23.3 Å². The Labute approximate surface area is 165 Å². The summed E-state index contributed by atoms with van der Waals surface area (Å²) in [6, 6.07) is 16.6. The number of carbonyl (C=O) groups excluding carboxylic acids is 2. The molecule has 1 aliphatic heterocycles. The van der Waals surface area contributed by atoms with Crippen LogP contribution >= 0.6 is 0 Å². The summed E-state index contributed by atoms with van der Waals surface area (Å²) in [5.41, 5.74) is 2.88. The molecule has 3 rings (SSSR count). The van der Waals surface area contributed by atoms with E-state index in [9.17, 15) is 9.59 Å². The monoisotopic (exact) mass is 381 g/mol. The first kappa shape index (κ1) is 19.9. The average Bonchev–Trinajstić information content (AvgIpc) is 2.82. The molecule has 0 bridgehead atoms. The molecule has 1 aliphatic rings. The van der Waals surface area contributed by atoms with E-state index >= 15 is 0 Å². The van der Waals surface area contributed by atoms with Gasteiger partial charge in [-0.05, 0) is 37.5 Å². The molecule has 28 heavy (non-hydrogen) atoms. The van der Waals surface area contributed by atoms with E-state index in [0.717, 1.165) is 23.4 Å². The standard InChI is InChI=1S/C22H27N3O3/c1-3-28-22(27)18(14-13-16-9-5-4-6-10-16)23-19-15-25(2)20-12-8-7-11-17(20)24-21(19)26/h4-12,18-19,23H,3,13-15H2,1-2H3,(H,24,26). The van der Waals surface area contributed by atoms with Gasteiger partial charge in [0.25, 0.3) is 0 Å². The Morgan fingerprint density at radius 1 is 1.21 bits per heavy atom. The van der Waals surface area contributed by atoms with Gasteiger partial charge in [-0.3, -0.25) is 14.9 Å². The summed E-state index contributed by atoms with van der Waals surface area (Å²) in [6.07, 6.45) is 1.28. The molecule has 0 aliphatic carbocycles. The number of para-hydroxylation sites is 2. The van der Waals surface area contributed by atoms with Crippen molar-refractivity contribution in [3.05, 3.63) is 60.2 Å². The third-order valence-electron chi connectivity index (χ3n) is 4.88. The Hall–Kier alpha value is -2.86. The smallest absolute Gasteiger partial charge is 0.323 e. The SMILES string of the molecule is CCOC(=O)C(CCc1ccccc1)NC1CN(C)c2ccccc2NC1=O. The zero-order valence-corrected chi connectivity index (χ0v) is 16.4. The summed E-state index contributed by atoms with van der Waals surface area (Å²) < 4.78 is 5.24. The van der Waals surface area contributed by atoms with Crippen LogP contribution in [0.3, 0.4) is 0 Å². The van der Waals surface area contributed by atoms with Crippen LogP contribution in [0.2, 0.25) is 0 Å². The van der Waals surface area contributed by atoms with Gasteiger partial charge in [0.2, 0.25) is 5.91 Å². The summed E-state index contributed by atoms with van der Waals surface area (Å²) in [6.45, 7) is 2.56. The van der Waals surface area contributed by atoms with E-state index in [4.69, 9.17) is 4.74 Å². The number of nitrogens with zero attached hydrogens (tertiary/aromatic N) is 1. The average molecular weight is 381 g/mol. The lowest BCUT2D eigenvalue weighted by atomic mass is 10.0. The number of nitrogens with one attached hydrogen (secondary N) is 2. The van der Waals surface area contributed by atoms with E-state index in [1.54, 1.807) is 6.92 Å². The summed E-state index contributed by atoms with van der Waals surface area (Å²) in [5.74, 6) is -0.471. The number of benzene rings is 2. The first-order chi connectivity index (χ1) is 13.6. The molecule has 6 heteroatoms. The van der Waals surface area contributed by atoms with Gasteiger partial charge in [0, 0.05) is 13.6 Å². The molecule has 0 aromatic heterocycles. The van der Waals surface area contributed by atoms with Gasteiger partial charge in [-0.1, -0.05) is 42.5 Å². The molecule has 0 spiro atoms. The fourth-order valence-corrected chi connectivity index (χ4v) is 3.43. The summed E-state index contributed by atoms with van der Waals surface area (Å²) in [7, 11) is 1.94. The molecule has 2 unspecified atom stereocenters. The molecule has 0 saturated carbocycles. The normalized spacial score (nSPS) is 17.3. The molecule has 2 aromatic carbocycles. The molecule has 2 atom stereocenters. The van der Waals surface area contributed by atoms with Crippen molar-refractivity contribution in [2.45, 2.75) is 31.8 Å². The van der Waals surface area contributed by atoms with Crippen LogP contribution in [0, 0.1) is 0 Å². The Bertz CT molecular complexity index is 810. The highest BCUT2D eigenvalue weighted by Crippen LogP contribution is 2.27. The highest BCUT2D eigenvalue weighted by Gasteiger charge is 2.31. The number of anilines is 2. The van der Waals surface area contributed by atoms with Gasteiger partial charge >= 0.3 is 5.97 Å². The molecule has 0 saturated heterocycles. The third-order valence-corrected chi connectivity index (χ3v) is 4.88. The van der Waals surface area contributed by atoms with Crippen LogP contribution in [-0.4, -0.2) is 44.2 Å². The first-order valence-electron chi connectivity index (χ1n) is 9.66. The molecule has 0 fully saturated rings. The highest BCUT2D eigenvalue weighted by molar-refractivity contribution is 6.00. The first-order valence-corrected chi connectivity index (χ1v) is 9.66. The van der Waals surface area contributed by atoms with E-state index < -0.39 is 12.1 Å². The van der Waals surface area contributed by atoms with Crippen LogP contribution in [0.15, 0.2) is 54.6 Å². The largest absolute Gasteiger partial charge is 0.465 e. The summed E-state index contributed by atoms with van der Waals surface area (Å²) in [4.78, 5) is 27.3. The Morgan fingerprint density at radius 3 is 2.68 bits per heavy atom. The van der Waals surface area contributed by atoms with Gasteiger partial charge in [-0.15, -0.1) is 0 Å². The summed E-state index contributed by atoms with van der Waals surface area (Å²) in [5, 5.41) is 6.20. The maximum atomic E-state index is 12.8. The maximum Gasteiger partial charge on any atom is 0.323 e. The fourth-order valence-electron chi connectivity index (χ4n) is 3.43. The lowest BCUT2D eigenvalue weighted by Crippen LogP contribution is -2.53. The number of rotatable bonds is 7. The van der Waals surface area contributed by atoms with Gasteiger partial charge < -0.3 is 15.0 Å². The van der Waals surface area contributed by atoms with Gasteiger partial charge in [0.1, 0.15) is 12.1 Å². The molecule has 2 aromatic rings. The minimum atomic E-state index is -0.550. The zero-order chi connectivity index (χ0) is 19.9.